The van der Waals surface area contributed by atoms with Crippen LogP contribution in [0.15, 0.2) is 29.1 Å². The number of carbonyl (C=O) groups is 2. The Labute approximate surface area is 97.3 Å². The molecule has 0 atom stereocenters. The maximum Gasteiger partial charge on any atom is 0.200 e. The standard InChI is InChI=1S/C13H11NO3/c1-7(15)11-12(8(2)16)14-10-6-4-3-5-9(10)13(11)17/h3-6H,1-2H3,(H,14,17). The second-order valence-electron chi connectivity index (χ2n) is 3.86. The van der Waals surface area contributed by atoms with E-state index in [0.717, 1.165) is 0 Å². The molecular weight excluding hydrogens is 218 g/mol. The lowest BCUT2D eigenvalue weighted by Gasteiger charge is -2.06. The molecule has 4 nitrogen and oxygen atoms in total. The number of aromatic amines is 1. The lowest BCUT2D eigenvalue weighted by molar-refractivity contribution is 0.0976. The Morgan fingerprint density at radius 2 is 1.71 bits per heavy atom. The second kappa shape index (κ2) is 3.97. The van der Waals surface area contributed by atoms with Gasteiger partial charge >= 0.3 is 0 Å². The van der Waals surface area contributed by atoms with E-state index in [2.05, 4.69) is 4.98 Å². The van der Waals surface area contributed by atoms with Crippen LogP contribution in [0.2, 0.25) is 0 Å². The molecule has 0 saturated carbocycles. The van der Waals surface area contributed by atoms with Crippen LogP contribution in [-0.4, -0.2) is 16.6 Å². The number of fused-ring (bicyclic) bond motifs is 1. The minimum absolute atomic E-state index is 0.0591. The van der Waals surface area contributed by atoms with Gasteiger partial charge in [-0.25, -0.2) is 0 Å². The molecule has 0 spiro atoms. The first-order chi connectivity index (χ1) is 8.02. The molecule has 0 aliphatic carbocycles. The Morgan fingerprint density at radius 1 is 1.06 bits per heavy atom. The summed E-state index contributed by atoms with van der Waals surface area (Å²) in [5.41, 5.74) is 0.196. The van der Waals surface area contributed by atoms with Gasteiger partial charge in [0, 0.05) is 17.8 Å². The summed E-state index contributed by atoms with van der Waals surface area (Å²) in [5.74, 6) is -0.722. The Bertz CT molecular complexity index is 683. The third-order valence-corrected chi connectivity index (χ3v) is 2.61. The van der Waals surface area contributed by atoms with Crippen molar-refractivity contribution in [3.63, 3.8) is 0 Å². The quantitative estimate of drug-likeness (QED) is 0.800. The molecular formula is C13H11NO3. The molecule has 4 heteroatoms. The highest BCUT2D eigenvalue weighted by atomic mass is 16.1. The maximum absolute atomic E-state index is 12.1. The molecule has 0 bridgehead atoms. The third-order valence-electron chi connectivity index (χ3n) is 2.61. The zero-order valence-electron chi connectivity index (χ0n) is 9.53. The predicted octanol–water partition coefficient (Wildman–Crippen LogP) is 1.93. The summed E-state index contributed by atoms with van der Waals surface area (Å²) in [6.07, 6.45) is 0. The lowest BCUT2D eigenvalue weighted by atomic mass is 10.0. The van der Waals surface area contributed by atoms with Crippen molar-refractivity contribution in [2.75, 3.05) is 0 Å². The van der Waals surface area contributed by atoms with Crippen molar-refractivity contribution in [2.45, 2.75) is 13.8 Å². The van der Waals surface area contributed by atoms with Crippen LogP contribution >= 0.6 is 0 Å². The zero-order valence-corrected chi connectivity index (χ0v) is 9.53. The Hall–Kier alpha value is -2.23. The number of nitrogens with one attached hydrogen (secondary N) is 1. The van der Waals surface area contributed by atoms with Crippen LogP contribution in [0.3, 0.4) is 0 Å². The van der Waals surface area contributed by atoms with Crippen LogP contribution in [0.4, 0.5) is 0 Å². The van der Waals surface area contributed by atoms with E-state index in [1.54, 1.807) is 24.3 Å². The number of benzene rings is 1. The van der Waals surface area contributed by atoms with Gasteiger partial charge < -0.3 is 4.98 Å². The van der Waals surface area contributed by atoms with Crippen LogP contribution < -0.4 is 5.43 Å². The molecule has 1 N–H and O–H groups in total. The Kier molecular flexibility index (Phi) is 2.63. The van der Waals surface area contributed by atoms with E-state index in [4.69, 9.17) is 0 Å². The van der Waals surface area contributed by atoms with Crippen molar-refractivity contribution in [1.82, 2.24) is 4.98 Å². The SMILES string of the molecule is CC(=O)c1[nH]c2ccccc2c(=O)c1C(C)=O. The fourth-order valence-corrected chi connectivity index (χ4v) is 1.84. The van der Waals surface area contributed by atoms with Crippen LogP contribution in [0.1, 0.15) is 34.7 Å². The van der Waals surface area contributed by atoms with E-state index in [0.29, 0.717) is 10.9 Å². The normalized spacial score (nSPS) is 10.5. The summed E-state index contributed by atoms with van der Waals surface area (Å²) in [4.78, 5) is 37.9. The van der Waals surface area contributed by atoms with Gasteiger partial charge in [0.05, 0.1) is 11.3 Å². The Balaban J connectivity index is 2.99. The van der Waals surface area contributed by atoms with Gasteiger partial charge in [-0.2, -0.15) is 0 Å². The van der Waals surface area contributed by atoms with Gasteiger partial charge in [-0.05, 0) is 19.1 Å². The summed E-state index contributed by atoms with van der Waals surface area (Å²) in [5, 5.41) is 0.419. The second-order valence-corrected chi connectivity index (χ2v) is 3.86. The molecule has 86 valence electrons. The minimum Gasteiger partial charge on any atom is -0.351 e. The van der Waals surface area contributed by atoms with Crippen molar-refractivity contribution in [2.24, 2.45) is 0 Å². The molecule has 0 radical (unpaired) electrons. The van der Waals surface area contributed by atoms with E-state index in [1.807, 2.05) is 0 Å². The first kappa shape index (κ1) is 11.3. The molecule has 0 aliphatic heterocycles. The summed E-state index contributed by atoms with van der Waals surface area (Å²) in [6, 6.07) is 6.81. The number of hydrogen-bond acceptors (Lipinski definition) is 3. The highest BCUT2D eigenvalue weighted by Crippen LogP contribution is 2.12. The van der Waals surface area contributed by atoms with Gasteiger partial charge in [0.25, 0.3) is 0 Å². The van der Waals surface area contributed by atoms with E-state index in [9.17, 15) is 14.4 Å². The fourth-order valence-electron chi connectivity index (χ4n) is 1.84. The molecule has 1 aromatic heterocycles. The van der Waals surface area contributed by atoms with Crippen molar-refractivity contribution in [3.05, 3.63) is 45.7 Å². The number of H-pyrrole nitrogens is 1. The number of Topliss-reactive ketones (excluding diaryl/α,β-unsaturated/α-hetero) is 2. The number of para-hydroxylation sites is 1. The van der Waals surface area contributed by atoms with Crippen LogP contribution in [0.5, 0.6) is 0 Å². The van der Waals surface area contributed by atoms with Crippen LogP contribution in [-0.2, 0) is 0 Å². The summed E-state index contributed by atoms with van der Waals surface area (Å²) >= 11 is 0. The van der Waals surface area contributed by atoms with Gasteiger partial charge in [-0.3, -0.25) is 14.4 Å². The average molecular weight is 229 g/mol. The molecule has 1 aromatic carbocycles. The smallest absolute Gasteiger partial charge is 0.200 e. The highest BCUT2D eigenvalue weighted by molar-refractivity contribution is 6.08. The van der Waals surface area contributed by atoms with E-state index in [1.165, 1.54) is 13.8 Å². The first-order valence-electron chi connectivity index (χ1n) is 5.19. The van der Waals surface area contributed by atoms with Crippen molar-refractivity contribution in [3.8, 4) is 0 Å². The molecule has 0 fully saturated rings. The highest BCUT2D eigenvalue weighted by Gasteiger charge is 2.18. The number of aromatic nitrogens is 1. The topological polar surface area (TPSA) is 67.0 Å². The average Bonchev–Trinajstić information content (AvgIpc) is 2.28. The summed E-state index contributed by atoms with van der Waals surface area (Å²) in [6.45, 7) is 2.61. The fraction of sp³-hybridized carbons (Fsp3) is 0.154. The number of hydrogen-bond donors (Lipinski definition) is 1. The van der Waals surface area contributed by atoms with Gasteiger partial charge in [-0.1, -0.05) is 12.1 Å². The number of carbonyl (C=O) groups excluding carboxylic acids is 2. The van der Waals surface area contributed by atoms with Gasteiger partial charge in [-0.15, -0.1) is 0 Å². The number of ketones is 2. The Morgan fingerprint density at radius 3 is 2.29 bits per heavy atom. The summed E-state index contributed by atoms with van der Waals surface area (Å²) < 4.78 is 0. The van der Waals surface area contributed by atoms with Gasteiger partial charge in [0.15, 0.2) is 11.6 Å². The molecule has 0 unspecified atom stereocenters. The van der Waals surface area contributed by atoms with Gasteiger partial charge in [0.2, 0.25) is 5.43 Å². The predicted molar refractivity (Wildman–Crippen MR) is 64.6 cm³/mol. The first-order valence-corrected chi connectivity index (χ1v) is 5.19. The minimum atomic E-state index is -0.401. The van der Waals surface area contributed by atoms with Crippen LogP contribution in [0.25, 0.3) is 10.9 Å². The van der Waals surface area contributed by atoms with E-state index < -0.39 is 11.2 Å². The monoisotopic (exact) mass is 229 g/mol. The van der Waals surface area contributed by atoms with Crippen molar-refractivity contribution in [1.29, 1.82) is 0 Å². The molecule has 2 aromatic rings. The molecule has 2 rings (SSSR count). The molecule has 0 amide bonds. The van der Waals surface area contributed by atoms with Crippen molar-refractivity contribution >= 4 is 22.5 Å². The van der Waals surface area contributed by atoms with E-state index in [-0.39, 0.29) is 17.0 Å². The number of pyridine rings is 1. The number of rotatable bonds is 2. The zero-order chi connectivity index (χ0) is 12.6. The molecule has 0 saturated heterocycles. The van der Waals surface area contributed by atoms with Crippen LogP contribution in [0, 0.1) is 0 Å². The molecule has 0 aliphatic rings. The summed E-state index contributed by atoms with van der Waals surface area (Å²) in [7, 11) is 0. The van der Waals surface area contributed by atoms with Gasteiger partial charge in [0.1, 0.15) is 0 Å². The molecule has 1 heterocycles. The largest absolute Gasteiger partial charge is 0.351 e. The van der Waals surface area contributed by atoms with E-state index >= 15 is 0 Å². The lowest BCUT2D eigenvalue weighted by Crippen LogP contribution is -2.20. The molecule has 17 heavy (non-hydrogen) atoms. The van der Waals surface area contributed by atoms with Crippen molar-refractivity contribution < 1.29 is 9.59 Å². The third kappa shape index (κ3) is 1.78. The maximum atomic E-state index is 12.1.